The number of nitrogens with zero attached hydrogens (tertiary/aromatic N) is 1. The second-order valence-electron chi connectivity index (χ2n) is 4.23. The Kier molecular flexibility index (Phi) is 5.31. The number of thioether (sulfide) groups is 1. The van der Waals surface area contributed by atoms with E-state index >= 15 is 0 Å². The lowest BCUT2D eigenvalue weighted by Crippen LogP contribution is -2.14. The van der Waals surface area contributed by atoms with Crippen LogP contribution >= 0.6 is 23.4 Å². The Balaban J connectivity index is 1.88. The molecule has 0 aliphatic heterocycles. The number of rotatable bonds is 4. The molecule has 0 radical (unpaired) electrons. The summed E-state index contributed by atoms with van der Waals surface area (Å²) in [5.74, 6) is -0.239. The third kappa shape index (κ3) is 4.92. The maximum Gasteiger partial charge on any atom is 0.416 e. The van der Waals surface area contributed by atoms with Crippen LogP contribution in [-0.4, -0.2) is 16.6 Å². The van der Waals surface area contributed by atoms with Crippen LogP contribution in [0, 0.1) is 0 Å². The van der Waals surface area contributed by atoms with Crippen molar-refractivity contribution in [3.8, 4) is 0 Å². The number of amides is 1. The van der Waals surface area contributed by atoms with Crippen LogP contribution in [0.3, 0.4) is 0 Å². The SMILES string of the molecule is O=C(CSc1ccc(Cl)cn1)Nc1ccc(C(F)(F)F)cc1. The highest BCUT2D eigenvalue weighted by Crippen LogP contribution is 2.29. The van der Waals surface area contributed by atoms with Crippen molar-refractivity contribution in [2.75, 3.05) is 11.1 Å². The molecule has 3 nitrogen and oxygen atoms in total. The molecule has 0 spiro atoms. The van der Waals surface area contributed by atoms with Gasteiger partial charge in [0.25, 0.3) is 0 Å². The molecule has 0 unspecified atom stereocenters. The topological polar surface area (TPSA) is 42.0 Å². The summed E-state index contributed by atoms with van der Waals surface area (Å²) in [6.07, 6.45) is -2.92. The molecule has 8 heteroatoms. The molecule has 1 amide bonds. The first-order chi connectivity index (χ1) is 10.3. The van der Waals surface area contributed by atoms with Gasteiger partial charge >= 0.3 is 6.18 Å². The number of aromatic nitrogens is 1. The standard InChI is InChI=1S/C14H10ClF3N2OS/c15-10-3-6-13(19-7-10)22-8-12(21)20-11-4-1-9(2-5-11)14(16,17)18/h1-7H,8H2,(H,20,21). The molecule has 0 aliphatic carbocycles. The molecule has 1 N–H and O–H groups in total. The van der Waals surface area contributed by atoms with Crippen LogP contribution in [0.1, 0.15) is 5.56 Å². The number of hydrogen-bond donors (Lipinski definition) is 1. The molecule has 22 heavy (non-hydrogen) atoms. The van der Waals surface area contributed by atoms with E-state index in [4.69, 9.17) is 11.6 Å². The van der Waals surface area contributed by atoms with E-state index in [0.29, 0.717) is 15.7 Å². The molecule has 0 fully saturated rings. The van der Waals surface area contributed by atoms with Crippen molar-refractivity contribution in [2.45, 2.75) is 11.2 Å². The van der Waals surface area contributed by atoms with Crippen LogP contribution in [0.25, 0.3) is 0 Å². The molecule has 1 heterocycles. The van der Waals surface area contributed by atoms with Gasteiger partial charge in [0.1, 0.15) is 0 Å². The van der Waals surface area contributed by atoms with E-state index in [1.54, 1.807) is 12.1 Å². The Bertz CT molecular complexity index is 645. The van der Waals surface area contributed by atoms with Crippen molar-refractivity contribution in [2.24, 2.45) is 0 Å². The Labute approximate surface area is 133 Å². The summed E-state index contributed by atoms with van der Waals surface area (Å²) in [6.45, 7) is 0. The van der Waals surface area contributed by atoms with Crippen molar-refractivity contribution in [1.82, 2.24) is 4.98 Å². The normalized spacial score (nSPS) is 11.3. The highest BCUT2D eigenvalue weighted by molar-refractivity contribution is 7.99. The van der Waals surface area contributed by atoms with Crippen LogP contribution in [0.4, 0.5) is 18.9 Å². The first-order valence-electron chi connectivity index (χ1n) is 6.06. The Hall–Kier alpha value is -1.73. The molecule has 2 rings (SSSR count). The van der Waals surface area contributed by atoms with Gasteiger partial charge in [-0.2, -0.15) is 13.2 Å². The predicted molar refractivity (Wildman–Crippen MR) is 80.0 cm³/mol. The van der Waals surface area contributed by atoms with Crippen LogP contribution in [0.15, 0.2) is 47.6 Å². The third-order valence-electron chi connectivity index (χ3n) is 2.55. The van der Waals surface area contributed by atoms with E-state index in [2.05, 4.69) is 10.3 Å². The summed E-state index contributed by atoms with van der Waals surface area (Å²) in [5, 5.41) is 3.65. The predicted octanol–water partition coefficient (Wildman–Crippen LogP) is 4.48. The van der Waals surface area contributed by atoms with Gasteiger partial charge in [-0.25, -0.2) is 4.98 Å². The highest BCUT2D eigenvalue weighted by atomic mass is 35.5. The Morgan fingerprint density at radius 1 is 1.18 bits per heavy atom. The largest absolute Gasteiger partial charge is 0.416 e. The molecule has 0 bridgehead atoms. The fourth-order valence-electron chi connectivity index (χ4n) is 1.53. The third-order valence-corrected chi connectivity index (χ3v) is 3.71. The highest BCUT2D eigenvalue weighted by Gasteiger charge is 2.29. The van der Waals surface area contributed by atoms with Crippen molar-refractivity contribution >= 4 is 35.0 Å². The smallest absolute Gasteiger partial charge is 0.325 e. The first-order valence-corrected chi connectivity index (χ1v) is 7.42. The zero-order valence-corrected chi connectivity index (χ0v) is 12.6. The molecule has 1 aromatic carbocycles. The summed E-state index contributed by atoms with van der Waals surface area (Å²) in [6, 6.07) is 7.61. The van der Waals surface area contributed by atoms with E-state index < -0.39 is 11.7 Å². The van der Waals surface area contributed by atoms with Gasteiger partial charge in [-0.3, -0.25) is 4.79 Å². The summed E-state index contributed by atoms with van der Waals surface area (Å²) in [4.78, 5) is 15.7. The van der Waals surface area contributed by atoms with Gasteiger partial charge in [-0.15, -0.1) is 0 Å². The fraction of sp³-hybridized carbons (Fsp3) is 0.143. The fourth-order valence-corrected chi connectivity index (χ4v) is 2.28. The van der Waals surface area contributed by atoms with E-state index in [-0.39, 0.29) is 11.7 Å². The van der Waals surface area contributed by atoms with Gasteiger partial charge < -0.3 is 5.32 Å². The Morgan fingerprint density at radius 2 is 1.86 bits per heavy atom. The van der Waals surface area contributed by atoms with Crippen molar-refractivity contribution in [3.05, 3.63) is 53.2 Å². The molecule has 2 aromatic rings. The van der Waals surface area contributed by atoms with Crippen LogP contribution in [-0.2, 0) is 11.0 Å². The monoisotopic (exact) mass is 346 g/mol. The van der Waals surface area contributed by atoms with Gasteiger partial charge in [-0.1, -0.05) is 23.4 Å². The van der Waals surface area contributed by atoms with E-state index in [1.807, 2.05) is 0 Å². The number of halogens is 4. The van der Waals surface area contributed by atoms with Crippen LogP contribution in [0.5, 0.6) is 0 Å². The molecule has 0 aliphatic rings. The minimum Gasteiger partial charge on any atom is -0.325 e. The van der Waals surface area contributed by atoms with Gasteiger partial charge in [0.05, 0.1) is 21.4 Å². The Morgan fingerprint density at radius 3 is 2.41 bits per heavy atom. The zero-order valence-electron chi connectivity index (χ0n) is 11.0. The van der Waals surface area contributed by atoms with E-state index in [0.717, 1.165) is 12.1 Å². The number of carbonyl (C=O) groups is 1. The molecule has 0 atom stereocenters. The lowest BCUT2D eigenvalue weighted by atomic mass is 10.2. The van der Waals surface area contributed by atoms with Gasteiger partial charge in [0.2, 0.25) is 5.91 Å². The van der Waals surface area contributed by atoms with Gasteiger partial charge in [0, 0.05) is 11.9 Å². The van der Waals surface area contributed by atoms with Crippen LogP contribution < -0.4 is 5.32 Å². The summed E-state index contributed by atoms with van der Waals surface area (Å²) in [5.41, 5.74) is -0.451. The number of pyridine rings is 1. The number of carbonyl (C=O) groups excluding carboxylic acids is 1. The molecule has 0 saturated heterocycles. The minimum atomic E-state index is -4.39. The van der Waals surface area contributed by atoms with E-state index in [1.165, 1.54) is 30.1 Å². The summed E-state index contributed by atoms with van der Waals surface area (Å²) >= 11 is 6.90. The van der Waals surface area contributed by atoms with Gasteiger partial charge in [0.15, 0.2) is 0 Å². The second-order valence-corrected chi connectivity index (χ2v) is 5.66. The first kappa shape index (κ1) is 16.6. The van der Waals surface area contributed by atoms with E-state index in [9.17, 15) is 18.0 Å². The van der Waals surface area contributed by atoms with Crippen molar-refractivity contribution in [3.63, 3.8) is 0 Å². The lowest BCUT2D eigenvalue weighted by Gasteiger charge is -2.08. The maximum absolute atomic E-state index is 12.4. The molecular weight excluding hydrogens is 337 g/mol. The van der Waals surface area contributed by atoms with Crippen molar-refractivity contribution in [1.29, 1.82) is 0 Å². The number of hydrogen-bond acceptors (Lipinski definition) is 3. The lowest BCUT2D eigenvalue weighted by molar-refractivity contribution is -0.137. The maximum atomic E-state index is 12.4. The zero-order chi connectivity index (χ0) is 16.2. The number of nitrogens with one attached hydrogen (secondary N) is 1. The number of alkyl halides is 3. The summed E-state index contributed by atoms with van der Waals surface area (Å²) in [7, 11) is 0. The van der Waals surface area contributed by atoms with Crippen LogP contribution in [0.2, 0.25) is 5.02 Å². The second kappa shape index (κ2) is 7.02. The molecule has 1 aromatic heterocycles. The molecule has 0 saturated carbocycles. The molecule has 116 valence electrons. The average molecular weight is 347 g/mol. The number of benzene rings is 1. The van der Waals surface area contributed by atoms with Crippen molar-refractivity contribution < 1.29 is 18.0 Å². The minimum absolute atomic E-state index is 0.0929. The van der Waals surface area contributed by atoms with Gasteiger partial charge in [-0.05, 0) is 36.4 Å². The number of anilines is 1. The average Bonchev–Trinajstić information content (AvgIpc) is 2.46. The molecular formula is C14H10ClF3N2OS. The quantitative estimate of drug-likeness (QED) is 0.830. The summed E-state index contributed by atoms with van der Waals surface area (Å²) < 4.78 is 37.2.